The Morgan fingerprint density at radius 3 is 2.58 bits per heavy atom. The molecule has 0 saturated heterocycles. The Hall–Kier alpha value is -2.55. The SMILES string of the molecule is Cn1cccc1C(=O)Nc1cccc2ccccc12. The van der Waals surface area contributed by atoms with Gasteiger partial charge >= 0.3 is 0 Å². The molecule has 0 fully saturated rings. The molecule has 1 heterocycles. The minimum atomic E-state index is -0.0937. The molecule has 0 aliphatic rings. The maximum atomic E-state index is 12.2. The highest BCUT2D eigenvalue weighted by Crippen LogP contribution is 2.23. The quantitative estimate of drug-likeness (QED) is 0.742. The van der Waals surface area contributed by atoms with Gasteiger partial charge in [0.1, 0.15) is 5.69 Å². The van der Waals surface area contributed by atoms with Gasteiger partial charge in [0, 0.05) is 24.3 Å². The Bertz CT molecular complexity index is 738. The van der Waals surface area contributed by atoms with Crippen LogP contribution in [0.15, 0.2) is 60.8 Å². The molecule has 0 spiro atoms. The fourth-order valence-corrected chi connectivity index (χ4v) is 2.22. The summed E-state index contributed by atoms with van der Waals surface area (Å²) in [5, 5.41) is 5.13. The van der Waals surface area contributed by atoms with E-state index in [-0.39, 0.29) is 5.91 Å². The fourth-order valence-electron chi connectivity index (χ4n) is 2.22. The summed E-state index contributed by atoms with van der Waals surface area (Å²) in [5.74, 6) is -0.0937. The Labute approximate surface area is 111 Å². The van der Waals surface area contributed by atoms with Gasteiger partial charge in [-0.2, -0.15) is 0 Å². The van der Waals surface area contributed by atoms with Crippen LogP contribution in [-0.2, 0) is 7.05 Å². The number of fused-ring (bicyclic) bond motifs is 1. The predicted octanol–water partition coefficient (Wildman–Crippen LogP) is 3.43. The minimum Gasteiger partial charge on any atom is -0.347 e. The van der Waals surface area contributed by atoms with E-state index in [2.05, 4.69) is 5.32 Å². The summed E-state index contributed by atoms with van der Waals surface area (Å²) in [7, 11) is 1.86. The number of aromatic nitrogens is 1. The standard InChI is InChI=1S/C16H14N2O/c1-18-11-5-10-15(18)16(19)17-14-9-4-7-12-6-2-3-8-13(12)14/h2-11H,1H3,(H,17,19). The van der Waals surface area contributed by atoms with E-state index in [4.69, 9.17) is 0 Å². The van der Waals surface area contributed by atoms with E-state index in [1.165, 1.54) is 0 Å². The van der Waals surface area contributed by atoms with Gasteiger partial charge in [0.15, 0.2) is 0 Å². The highest BCUT2D eigenvalue weighted by Gasteiger charge is 2.10. The second-order valence-electron chi connectivity index (χ2n) is 4.49. The third-order valence-electron chi connectivity index (χ3n) is 3.21. The lowest BCUT2D eigenvalue weighted by atomic mass is 10.1. The zero-order valence-corrected chi connectivity index (χ0v) is 10.6. The van der Waals surface area contributed by atoms with E-state index in [1.54, 1.807) is 10.6 Å². The van der Waals surface area contributed by atoms with Crippen LogP contribution in [0.25, 0.3) is 10.8 Å². The van der Waals surface area contributed by atoms with E-state index < -0.39 is 0 Å². The van der Waals surface area contributed by atoms with Crippen LogP contribution in [0.3, 0.4) is 0 Å². The first-order valence-electron chi connectivity index (χ1n) is 6.16. The number of amides is 1. The summed E-state index contributed by atoms with van der Waals surface area (Å²) >= 11 is 0. The van der Waals surface area contributed by atoms with Gasteiger partial charge in [0.2, 0.25) is 0 Å². The van der Waals surface area contributed by atoms with Crippen LogP contribution in [0.4, 0.5) is 5.69 Å². The van der Waals surface area contributed by atoms with Crippen molar-refractivity contribution in [1.29, 1.82) is 0 Å². The van der Waals surface area contributed by atoms with Crippen molar-refractivity contribution >= 4 is 22.4 Å². The maximum Gasteiger partial charge on any atom is 0.272 e. The molecule has 94 valence electrons. The summed E-state index contributed by atoms with van der Waals surface area (Å²) < 4.78 is 1.81. The van der Waals surface area contributed by atoms with Gasteiger partial charge in [0.05, 0.1) is 0 Å². The van der Waals surface area contributed by atoms with Crippen molar-refractivity contribution in [2.45, 2.75) is 0 Å². The number of nitrogens with zero attached hydrogens (tertiary/aromatic N) is 1. The van der Waals surface area contributed by atoms with E-state index in [0.717, 1.165) is 16.5 Å². The van der Waals surface area contributed by atoms with Crippen LogP contribution in [0, 0.1) is 0 Å². The van der Waals surface area contributed by atoms with Crippen LogP contribution < -0.4 is 5.32 Å². The lowest BCUT2D eigenvalue weighted by Gasteiger charge is -2.09. The average molecular weight is 250 g/mol. The monoisotopic (exact) mass is 250 g/mol. The van der Waals surface area contributed by atoms with Crippen molar-refractivity contribution < 1.29 is 4.79 Å². The molecule has 3 nitrogen and oxygen atoms in total. The van der Waals surface area contributed by atoms with Crippen LogP contribution in [0.2, 0.25) is 0 Å². The molecule has 0 atom stereocenters. The summed E-state index contributed by atoms with van der Waals surface area (Å²) in [6, 6.07) is 17.6. The Morgan fingerprint density at radius 1 is 1.00 bits per heavy atom. The second kappa shape index (κ2) is 4.61. The first-order chi connectivity index (χ1) is 9.25. The molecular formula is C16H14N2O. The molecular weight excluding hydrogens is 236 g/mol. The average Bonchev–Trinajstić information content (AvgIpc) is 2.85. The first kappa shape index (κ1) is 11.5. The molecule has 0 unspecified atom stereocenters. The van der Waals surface area contributed by atoms with Crippen molar-refractivity contribution in [2.75, 3.05) is 5.32 Å². The van der Waals surface area contributed by atoms with E-state index in [1.807, 2.05) is 61.8 Å². The number of anilines is 1. The van der Waals surface area contributed by atoms with Crippen molar-refractivity contribution in [3.63, 3.8) is 0 Å². The highest BCUT2D eigenvalue weighted by molar-refractivity contribution is 6.08. The minimum absolute atomic E-state index is 0.0937. The molecule has 1 N–H and O–H groups in total. The fraction of sp³-hybridized carbons (Fsp3) is 0.0625. The molecule has 0 radical (unpaired) electrons. The lowest BCUT2D eigenvalue weighted by Crippen LogP contribution is -2.15. The van der Waals surface area contributed by atoms with Gasteiger partial charge in [-0.1, -0.05) is 36.4 Å². The van der Waals surface area contributed by atoms with Crippen LogP contribution in [0.5, 0.6) is 0 Å². The molecule has 3 rings (SSSR count). The van der Waals surface area contributed by atoms with E-state index in [9.17, 15) is 4.79 Å². The number of aryl methyl sites for hydroxylation is 1. The van der Waals surface area contributed by atoms with Gasteiger partial charge in [-0.15, -0.1) is 0 Å². The number of hydrogen-bond donors (Lipinski definition) is 1. The third-order valence-corrected chi connectivity index (χ3v) is 3.21. The molecule has 0 saturated carbocycles. The van der Waals surface area contributed by atoms with E-state index in [0.29, 0.717) is 5.69 Å². The van der Waals surface area contributed by atoms with Crippen LogP contribution in [-0.4, -0.2) is 10.5 Å². The number of nitrogens with one attached hydrogen (secondary N) is 1. The maximum absolute atomic E-state index is 12.2. The van der Waals surface area contributed by atoms with Gasteiger partial charge in [0.25, 0.3) is 5.91 Å². The molecule has 2 aromatic carbocycles. The summed E-state index contributed by atoms with van der Waals surface area (Å²) in [4.78, 5) is 12.2. The van der Waals surface area contributed by atoms with E-state index >= 15 is 0 Å². The molecule has 3 aromatic rings. The zero-order valence-electron chi connectivity index (χ0n) is 10.6. The van der Waals surface area contributed by atoms with Crippen molar-refractivity contribution in [2.24, 2.45) is 7.05 Å². The Kier molecular flexibility index (Phi) is 2.80. The predicted molar refractivity (Wildman–Crippen MR) is 77.3 cm³/mol. The summed E-state index contributed by atoms with van der Waals surface area (Å²) in [5.41, 5.74) is 1.48. The molecule has 3 heteroatoms. The largest absolute Gasteiger partial charge is 0.347 e. The topological polar surface area (TPSA) is 34.0 Å². The van der Waals surface area contributed by atoms with Crippen molar-refractivity contribution in [3.8, 4) is 0 Å². The number of hydrogen-bond acceptors (Lipinski definition) is 1. The third kappa shape index (κ3) is 2.10. The first-order valence-corrected chi connectivity index (χ1v) is 6.16. The van der Waals surface area contributed by atoms with Gasteiger partial charge in [-0.3, -0.25) is 4.79 Å². The summed E-state index contributed by atoms with van der Waals surface area (Å²) in [6.45, 7) is 0. The molecule has 1 amide bonds. The van der Waals surface area contributed by atoms with Gasteiger partial charge in [-0.05, 0) is 23.6 Å². The molecule has 1 aromatic heterocycles. The van der Waals surface area contributed by atoms with Gasteiger partial charge in [-0.25, -0.2) is 0 Å². The van der Waals surface area contributed by atoms with Crippen molar-refractivity contribution in [1.82, 2.24) is 4.57 Å². The van der Waals surface area contributed by atoms with Gasteiger partial charge < -0.3 is 9.88 Å². The number of carbonyl (C=O) groups is 1. The Balaban J connectivity index is 1.98. The summed E-state index contributed by atoms with van der Waals surface area (Å²) in [6.07, 6.45) is 1.86. The zero-order chi connectivity index (χ0) is 13.2. The Morgan fingerprint density at radius 2 is 1.79 bits per heavy atom. The smallest absolute Gasteiger partial charge is 0.272 e. The van der Waals surface area contributed by atoms with Crippen LogP contribution in [0.1, 0.15) is 10.5 Å². The lowest BCUT2D eigenvalue weighted by molar-refractivity contribution is 0.101. The molecule has 19 heavy (non-hydrogen) atoms. The molecule has 0 bridgehead atoms. The van der Waals surface area contributed by atoms with Crippen molar-refractivity contribution in [3.05, 3.63) is 66.5 Å². The normalized spacial score (nSPS) is 10.6. The number of benzene rings is 2. The highest BCUT2D eigenvalue weighted by atomic mass is 16.1. The van der Waals surface area contributed by atoms with Crippen LogP contribution >= 0.6 is 0 Å². The number of carbonyl (C=O) groups excluding carboxylic acids is 1. The number of rotatable bonds is 2. The molecule has 0 aliphatic heterocycles. The second-order valence-corrected chi connectivity index (χ2v) is 4.49. The molecule has 0 aliphatic carbocycles.